The van der Waals surface area contributed by atoms with E-state index in [1.807, 2.05) is 12.2 Å². The first-order valence-corrected chi connectivity index (χ1v) is 11.6. The lowest BCUT2D eigenvalue weighted by Crippen LogP contribution is -2.09. The SMILES string of the molecule is CCOC(=O)Oc1ccc(/C=C/COCCCCCCOC(=O)c2cc([N+](=O)[O-])cc([N+](=O)[O-])c2)cc1. The Kier molecular flexibility index (Phi) is 12.2. The molecule has 12 nitrogen and oxygen atoms in total. The molecular weight excluding hydrogens is 488 g/mol. The van der Waals surface area contributed by atoms with Gasteiger partial charge in [0, 0.05) is 18.7 Å². The van der Waals surface area contributed by atoms with Crippen LogP contribution in [-0.2, 0) is 14.2 Å². The van der Waals surface area contributed by atoms with E-state index in [9.17, 15) is 29.8 Å². The fourth-order valence-electron chi connectivity index (χ4n) is 3.06. The average Bonchev–Trinajstić information content (AvgIpc) is 2.87. The molecule has 0 saturated carbocycles. The molecule has 0 aliphatic rings. The van der Waals surface area contributed by atoms with Crippen LogP contribution in [0.15, 0.2) is 48.5 Å². The highest BCUT2D eigenvalue weighted by Gasteiger charge is 2.20. The summed E-state index contributed by atoms with van der Waals surface area (Å²) in [6.45, 7) is 3.04. The van der Waals surface area contributed by atoms with Crippen molar-refractivity contribution in [2.45, 2.75) is 32.6 Å². The molecule has 0 atom stereocenters. The van der Waals surface area contributed by atoms with Gasteiger partial charge in [-0.2, -0.15) is 0 Å². The molecule has 0 unspecified atom stereocenters. The van der Waals surface area contributed by atoms with Crippen LogP contribution in [0.25, 0.3) is 6.08 Å². The number of nitro benzene ring substituents is 2. The van der Waals surface area contributed by atoms with Gasteiger partial charge in [0.05, 0.1) is 41.3 Å². The number of carbonyl (C=O) groups excluding carboxylic acids is 2. The summed E-state index contributed by atoms with van der Waals surface area (Å²) in [6, 6.07) is 9.64. The van der Waals surface area contributed by atoms with E-state index < -0.39 is 33.3 Å². The quantitative estimate of drug-likeness (QED) is 0.0974. The van der Waals surface area contributed by atoms with Crippen molar-refractivity contribution in [1.82, 2.24) is 0 Å². The summed E-state index contributed by atoms with van der Waals surface area (Å²) in [5.74, 6) is -0.447. The van der Waals surface area contributed by atoms with E-state index in [0.29, 0.717) is 25.4 Å². The van der Waals surface area contributed by atoms with Crippen molar-refractivity contribution < 1.29 is 38.4 Å². The van der Waals surface area contributed by atoms with Crippen LogP contribution in [0.1, 0.15) is 48.5 Å². The van der Waals surface area contributed by atoms with Crippen LogP contribution >= 0.6 is 0 Å². The fraction of sp³-hybridized carbons (Fsp3) is 0.360. The predicted octanol–water partition coefficient (Wildman–Crippen LogP) is 5.49. The predicted molar refractivity (Wildman–Crippen MR) is 132 cm³/mol. The minimum absolute atomic E-state index is 0.0997. The summed E-state index contributed by atoms with van der Waals surface area (Å²) in [5, 5.41) is 21.8. The molecule has 0 heterocycles. The van der Waals surface area contributed by atoms with Crippen molar-refractivity contribution in [3.63, 3.8) is 0 Å². The number of nitrogens with zero attached hydrogens (tertiary/aromatic N) is 2. The molecule has 2 rings (SSSR count). The normalized spacial score (nSPS) is 10.7. The van der Waals surface area contributed by atoms with Crippen LogP contribution in [0, 0.1) is 20.2 Å². The van der Waals surface area contributed by atoms with Gasteiger partial charge in [-0.05, 0) is 43.9 Å². The lowest BCUT2D eigenvalue weighted by Gasteiger charge is -2.05. The van der Waals surface area contributed by atoms with Crippen molar-refractivity contribution in [2.75, 3.05) is 26.4 Å². The number of unbranched alkanes of at least 4 members (excludes halogenated alkanes) is 3. The summed E-state index contributed by atoms with van der Waals surface area (Å²) in [5.41, 5.74) is -0.401. The smallest absolute Gasteiger partial charge is 0.462 e. The molecule has 0 spiro atoms. The molecule has 0 radical (unpaired) electrons. The maximum Gasteiger partial charge on any atom is 0.513 e. The van der Waals surface area contributed by atoms with Gasteiger partial charge >= 0.3 is 12.1 Å². The van der Waals surface area contributed by atoms with Crippen molar-refractivity contribution in [1.29, 1.82) is 0 Å². The summed E-state index contributed by atoms with van der Waals surface area (Å²) >= 11 is 0. The Morgan fingerprint density at radius 1 is 0.865 bits per heavy atom. The van der Waals surface area contributed by atoms with Crippen LogP contribution in [0.4, 0.5) is 16.2 Å². The van der Waals surface area contributed by atoms with Crippen LogP contribution in [0.3, 0.4) is 0 Å². The molecule has 0 aromatic heterocycles. The first-order valence-electron chi connectivity index (χ1n) is 11.6. The van der Waals surface area contributed by atoms with E-state index in [2.05, 4.69) is 0 Å². The third kappa shape index (κ3) is 10.9. The van der Waals surface area contributed by atoms with E-state index in [1.54, 1.807) is 31.2 Å². The molecule has 0 saturated heterocycles. The van der Waals surface area contributed by atoms with Gasteiger partial charge in [-0.1, -0.05) is 30.7 Å². The maximum atomic E-state index is 12.1. The molecule has 0 aliphatic heterocycles. The number of esters is 1. The van der Waals surface area contributed by atoms with E-state index in [-0.39, 0.29) is 18.8 Å². The molecule has 2 aromatic carbocycles. The molecular formula is C25H28N2O10. The minimum atomic E-state index is -0.844. The molecule has 0 bridgehead atoms. The minimum Gasteiger partial charge on any atom is -0.462 e. The van der Waals surface area contributed by atoms with Gasteiger partial charge in [0.15, 0.2) is 0 Å². The zero-order valence-corrected chi connectivity index (χ0v) is 20.3. The van der Waals surface area contributed by atoms with Gasteiger partial charge in [-0.15, -0.1) is 0 Å². The van der Waals surface area contributed by atoms with E-state index in [4.69, 9.17) is 18.9 Å². The lowest BCUT2D eigenvalue weighted by molar-refractivity contribution is -0.394. The Hall–Kier alpha value is -4.32. The van der Waals surface area contributed by atoms with Crippen LogP contribution in [-0.4, -0.2) is 48.4 Å². The third-order valence-corrected chi connectivity index (χ3v) is 4.84. The Balaban J connectivity index is 1.57. The van der Waals surface area contributed by atoms with Gasteiger partial charge in [-0.25, -0.2) is 9.59 Å². The number of benzene rings is 2. The Morgan fingerprint density at radius 3 is 2.08 bits per heavy atom. The van der Waals surface area contributed by atoms with Crippen molar-refractivity contribution in [2.24, 2.45) is 0 Å². The molecule has 0 fully saturated rings. The first kappa shape index (κ1) is 28.9. The highest BCUT2D eigenvalue weighted by molar-refractivity contribution is 5.91. The van der Waals surface area contributed by atoms with E-state index >= 15 is 0 Å². The summed E-state index contributed by atoms with van der Waals surface area (Å²) < 4.78 is 20.3. The topological polar surface area (TPSA) is 157 Å². The van der Waals surface area contributed by atoms with Gasteiger partial charge < -0.3 is 18.9 Å². The van der Waals surface area contributed by atoms with E-state index in [0.717, 1.165) is 43.0 Å². The second-order valence-electron chi connectivity index (χ2n) is 7.63. The lowest BCUT2D eigenvalue weighted by atomic mass is 10.1. The highest BCUT2D eigenvalue weighted by Crippen LogP contribution is 2.23. The number of nitro groups is 2. The number of rotatable bonds is 15. The first-order chi connectivity index (χ1) is 17.8. The standard InChI is InChI=1S/C25H28N2O10/c1-2-35-25(29)37-23-11-9-19(10-12-23)8-7-14-34-13-5-3-4-6-15-36-24(28)20-16-21(26(30)31)18-22(17-20)27(32)33/h7-12,16-18H,2-6,13-15H2,1H3/b8-7+. The fourth-order valence-corrected chi connectivity index (χ4v) is 3.06. The van der Waals surface area contributed by atoms with Crippen molar-refractivity contribution in [3.8, 4) is 5.75 Å². The zero-order valence-electron chi connectivity index (χ0n) is 20.3. The Bertz CT molecular complexity index is 1070. The van der Waals surface area contributed by atoms with Gasteiger partial charge in [0.25, 0.3) is 11.4 Å². The molecule has 2 aromatic rings. The summed E-state index contributed by atoms with van der Waals surface area (Å²) in [6.07, 6.45) is 6.05. The number of non-ortho nitro benzene ring substituents is 2. The van der Waals surface area contributed by atoms with Crippen molar-refractivity contribution >= 4 is 29.6 Å². The summed E-state index contributed by atoms with van der Waals surface area (Å²) in [4.78, 5) is 43.6. The third-order valence-electron chi connectivity index (χ3n) is 4.84. The number of hydrogen-bond donors (Lipinski definition) is 0. The van der Waals surface area contributed by atoms with E-state index in [1.165, 1.54) is 0 Å². The molecule has 0 aliphatic carbocycles. The highest BCUT2D eigenvalue weighted by atomic mass is 16.7. The Labute approximate surface area is 213 Å². The van der Waals surface area contributed by atoms with Gasteiger partial charge in [0.1, 0.15) is 5.75 Å². The van der Waals surface area contributed by atoms with Crippen LogP contribution in [0.2, 0.25) is 0 Å². The molecule has 12 heteroatoms. The maximum absolute atomic E-state index is 12.1. The number of ether oxygens (including phenoxy) is 4. The van der Waals surface area contributed by atoms with Gasteiger partial charge in [-0.3, -0.25) is 20.2 Å². The number of hydrogen-bond acceptors (Lipinski definition) is 10. The largest absolute Gasteiger partial charge is 0.513 e. The molecule has 37 heavy (non-hydrogen) atoms. The van der Waals surface area contributed by atoms with Crippen LogP contribution in [0.5, 0.6) is 5.75 Å². The average molecular weight is 517 g/mol. The van der Waals surface area contributed by atoms with Crippen LogP contribution < -0.4 is 4.74 Å². The molecule has 0 amide bonds. The molecule has 198 valence electrons. The number of carbonyl (C=O) groups is 2. The monoisotopic (exact) mass is 516 g/mol. The zero-order chi connectivity index (χ0) is 27.0. The second kappa shape index (κ2) is 15.6. The second-order valence-corrected chi connectivity index (χ2v) is 7.63. The van der Waals surface area contributed by atoms with Crippen molar-refractivity contribution in [3.05, 3.63) is 79.9 Å². The molecule has 0 N–H and O–H groups in total. The van der Waals surface area contributed by atoms with Gasteiger partial charge in [0.2, 0.25) is 0 Å². The Morgan fingerprint density at radius 2 is 1.49 bits per heavy atom. The summed E-state index contributed by atoms with van der Waals surface area (Å²) in [7, 11) is 0.